The van der Waals surface area contributed by atoms with Crippen molar-refractivity contribution in [3.05, 3.63) is 0 Å². The first-order chi connectivity index (χ1) is 8.45. The maximum absolute atomic E-state index is 10.5. The topological polar surface area (TPSA) is 35.5 Å². The summed E-state index contributed by atoms with van der Waals surface area (Å²) in [6.45, 7) is 13.8. The minimum Gasteiger partial charge on any atom is -0.389 e. The fourth-order valence-electron chi connectivity index (χ4n) is 2.62. The highest BCUT2D eigenvalue weighted by molar-refractivity contribution is 4.82. The minimum atomic E-state index is -0.567. The highest BCUT2D eigenvalue weighted by atomic mass is 16.3. The quantitative estimate of drug-likeness (QED) is 0.732. The molecule has 1 fully saturated rings. The van der Waals surface area contributed by atoms with Crippen molar-refractivity contribution in [3.63, 3.8) is 0 Å². The molecule has 1 aliphatic heterocycles. The van der Waals surface area contributed by atoms with Gasteiger partial charge in [-0.05, 0) is 57.7 Å². The van der Waals surface area contributed by atoms with Gasteiger partial charge in [-0.2, -0.15) is 0 Å². The van der Waals surface area contributed by atoms with E-state index in [0.29, 0.717) is 5.92 Å². The summed E-state index contributed by atoms with van der Waals surface area (Å²) in [5.74, 6) is 1.12. The molecular formula is C15H32N2O. The highest BCUT2D eigenvalue weighted by Gasteiger charge is 2.28. The van der Waals surface area contributed by atoms with E-state index in [4.69, 9.17) is 0 Å². The molecule has 1 atom stereocenters. The Morgan fingerprint density at radius 3 is 2.44 bits per heavy atom. The molecule has 1 saturated heterocycles. The van der Waals surface area contributed by atoms with E-state index in [1.165, 1.54) is 19.3 Å². The third-order valence-electron chi connectivity index (χ3n) is 4.30. The van der Waals surface area contributed by atoms with Gasteiger partial charge < -0.3 is 15.3 Å². The molecule has 1 unspecified atom stereocenters. The van der Waals surface area contributed by atoms with Crippen molar-refractivity contribution in [2.75, 3.05) is 32.7 Å². The molecule has 0 spiro atoms. The van der Waals surface area contributed by atoms with E-state index in [2.05, 4.69) is 31.0 Å². The number of nitrogens with zero attached hydrogens (tertiary/aromatic N) is 1. The molecule has 0 radical (unpaired) electrons. The van der Waals surface area contributed by atoms with Crippen LogP contribution < -0.4 is 5.32 Å². The summed E-state index contributed by atoms with van der Waals surface area (Å²) in [6, 6.07) is 0. The van der Waals surface area contributed by atoms with Crippen molar-refractivity contribution >= 4 is 0 Å². The van der Waals surface area contributed by atoms with Crippen molar-refractivity contribution < 1.29 is 5.11 Å². The maximum Gasteiger partial charge on any atom is 0.0768 e. The molecule has 0 amide bonds. The zero-order valence-electron chi connectivity index (χ0n) is 12.7. The van der Waals surface area contributed by atoms with Gasteiger partial charge in [0.1, 0.15) is 0 Å². The van der Waals surface area contributed by atoms with Gasteiger partial charge in [0, 0.05) is 13.1 Å². The van der Waals surface area contributed by atoms with Crippen LogP contribution in [-0.4, -0.2) is 48.3 Å². The van der Waals surface area contributed by atoms with Gasteiger partial charge in [-0.15, -0.1) is 0 Å². The van der Waals surface area contributed by atoms with E-state index in [9.17, 15) is 5.11 Å². The summed E-state index contributed by atoms with van der Waals surface area (Å²) in [5, 5.41) is 13.9. The molecule has 1 heterocycles. The second-order valence-electron chi connectivity index (χ2n) is 6.44. The largest absolute Gasteiger partial charge is 0.389 e. The van der Waals surface area contributed by atoms with Crippen LogP contribution in [0.5, 0.6) is 0 Å². The number of rotatable bonds is 7. The molecule has 1 rings (SSSR count). The summed E-state index contributed by atoms with van der Waals surface area (Å²) in [6.07, 6.45) is 3.73. The summed E-state index contributed by atoms with van der Waals surface area (Å²) in [7, 11) is 0. The van der Waals surface area contributed by atoms with E-state index >= 15 is 0 Å². The van der Waals surface area contributed by atoms with Gasteiger partial charge in [-0.3, -0.25) is 0 Å². The van der Waals surface area contributed by atoms with Crippen LogP contribution in [-0.2, 0) is 0 Å². The molecule has 2 N–H and O–H groups in total. The van der Waals surface area contributed by atoms with E-state index < -0.39 is 5.60 Å². The van der Waals surface area contributed by atoms with E-state index in [1.807, 2.05) is 6.92 Å². The molecule has 0 aromatic rings. The third kappa shape index (κ3) is 5.25. The van der Waals surface area contributed by atoms with Crippen LogP contribution in [0.25, 0.3) is 0 Å². The predicted molar refractivity (Wildman–Crippen MR) is 77.8 cm³/mol. The Morgan fingerprint density at radius 2 is 1.94 bits per heavy atom. The third-order valence-corrected chi connectivity index (χ3v) is 4.30. The number of aliphatic hydroxyl groups is 1. The van der Waals surface area contributed by atoms with Gasteiger partial charge in [0.25, 0.3) is 0 Å². The van der Waals surface area contributed by atoms with Crippen molar-refractivity contribution in [2.24, 2.45) is 11.8 Å². The molecule has 0 bridgehead atoms. The van der Waals surface area contributed by atoms with Crippen LogP contribution in [0.1, 0.15) is 47.0 Å². The van der Waals surface area contributed by atoms with Crippen LogP contribution in [0.15, 0.2) is 0 Å². The molecule has 108 valence electrons. The van der Waals surface area contributed by atoms with Gasteiger partial charge in [-0.25, -0.2) is 0 Å². The second kappa shape index (κ2) is 7.46. The van der Waals surface area contributed by atoms with Gasteiger partial charge in [0.15, 0.2) is 0 Å². The lowest BCUT2D eigenvalue weighted by atomic mass is 9.90. The Hall–Kier alpha value is -0.120. The van der Waals surface area contributed by atoms with Crippen LogP contribution >= 0.6 is 0 Å². The molecule has 18 heavy (non-hydrogen) atoms. The van der Waals surface area contributed by atoms with E-state index in [0.717, 1.165) is 38.6 Å². The summed E-state index contributed by atoms with van der Waals surface area (Å²) < 4.78 is 0. The zero-order chi connectivity index (χ0) is 13.6. The van der Waals surface area contributed by atoms with Gasteiger partial charge in [0.05, 0.1) is 5.60 Å². The average Bonchev–Trinajstić information content (AvgIpc) is 2.30. The molecular weight excluding hydrogens is 224 g/mol. The van der Waals surface area contributed by atoms with Crippen molar-refractivity contribution in [1.29, 1.82) is 0 Å². The van der Waals surface area contributed by atoms with E-state index in [1.54, 1.807) is 0 Å². The first-order valence-electron chi connectivity index (χ1n) is 7.61. The van der Waals surface area contributed by atoms with E-state index in [-0.39, 0.29) is 0 Å². The normalized spacial score (nSPS) is 21.5. The zero-order valence-corrected chi connectivity index (χ0v) is 12.7. The Labute approximate surface area is 113 Å². The molecule has 0 aromatic carbocycles. The Morgan fingerprint density at radius 1 is 1.33 bits per heavy atom. The van der Waals surface area contributed by atoms with Gasteiger partial charge >= 0.3 is 0 Å². The molecule has 1 aliphatic rings. The highest BCUT2D eigenvalue weighted by Crippen LogP contribution is 2.20. The number of nitrogens with one attached hydrogen (secondary N) is 1. The van der Waals surface area contributed by atoms with Gasteiger partial charge in [0.2, 0.25) is 0 Å². The standard InChI is InChI=1S/C15H32N2O/c1-5-10-17(12-15(4,18)13(2)3)11-14-6-8-16-9-7-14/h13-14,16,18H,5-12H2,1-4H3. The maximum atomic E-state index is 10.5. The number of piperidine rings is 1. The molecule has 3 heteroatoms. The fourth-order valence-corrected chi connectivity index (χ4v) is 2.62. The van der Waals surface area contributed by atoms with Crippen molar-refractivity contribution in [3.8, 4) is 0 Å². The second-order valence-corrected chi connectivity index (χ2v) is 6.44. The fraction of sp³-hybridized carbons (Fsp3) is 1.00. The average molecular weight is 256 g/mol. The first kappa shape index (κ1) is 15.9. The number of hydrogen-bond donors (Lipinski definition) is 2. The van der Waals surface area contributed by atoms with Crippen LogP contribution in [0.4, 0.5) is 0 Å². The lowest BCUT2D eigenvalue weighted by molar-refractivity contribution is -0.0228. The first-order valence-corrected chi connectivity index (χ1v) is 7.61. The summed E-state index contributed by atoms with van der Waals surface area (Å²) in [4.78, 5) is 2.47. The lowest BCUT2D eigenvalue weighted by Gasteiger charge is -2.37. The van der Waals surface area contributed by atoms with Crippen LogP contribution in [0.3, 0.4) is 0 Å². The summed E-state index contributed by atoms with van der Waals surface area (Å²) >= 11 is 0. The molecule has 0 aliphatic carbocycles. The van der Waals surface area contributed by atoms with Crippen LogP contribution in [0, 0.1) is 11.8 Å². The summed E-state index contributed by atoms with van der Waals surface area (Å²) in [5.41, 5.74) is -0.567. The smallest absolute Gasteiger partial charge is 0.0768 e. The number of hydrogen-bond acceptors (Lipinski definition) is 3. The molecule has 0 aromatic heterocycles. The Balaban J connectivity index is 2.47. The lowest BCUT2D eigenvalue weighted by Crippen LogP contribution is -2.47. The Bertz CT molecular complexity index is 223. The predicted octanol–water partition coefficient (Wildman–Crippen LogP) is 2.10. The Kier molecular flexibility index (Phi) is 6.61. The van der Waals surface area contributed by atoms with Crippen LogP contribution in [0.2, 0.25) is 0 Å². The SMILES string of the molecule is CCCN(CC1CCNCC1)CC(C)(O)C(C)C. The minimum absolute atomic E-state index is 0.310. The molecule has 0 saturated carbocycles. The molecule has 3 nitrogen and oxygen atoms in total. The van der Waals surface area contributed by atoms with Gasteiger partial charge in [-0.1, -0.05) is 20.8 Å². The van der Waals surface area contributed by atoms with Crippen molar-refractivity contribution in [2.45, 2.75) is 52.6 Å². The van der Waals surface area contributed by atoms with Crippen molar-refractivity contribution in [1.82, 2.24) is 10.2 Å². The monoisotopic (exact) mass is 256 g/mol.